The first-order valence-electron chi connectivity index (χ1n) is 28.7. The third kappa shape index (κ3) is 16.8. The van der Waals surface area contributed by atoms with Crippen molar-refractivity contribution in [3.63, 3.8) is 0 Å². The third-order valence-electron chi connectivity index (χ3n) is 16.8. The fourth-order valence-corrected chi connectivity index (χ4v) is 12.0. The quantitative estimate of drug-likeness (QED) is 0.0340. The zero-order chi connectivity index (χ0) is 70.2. The number of carboxylic acids is 3. The van der Waals surface area contributed by atoms with E-state index in [9.17, 15) is 146 Å². The lowest BCUT2D eigenvalue weighted by Gasteiger charge is -2.52. The first-order chi connectivity index (χ1) is 43.8. The van der Waals surface area contributed by atoms with E-state index < -0.39 is 305 Å². The van der Waals surface area contributed by atoms with E-state index in [4.69, 9.17) is 77.6 Å². The van der Waals surface area contributed by atoms with Crippen molar-refractivity contribution in [2.75, 3.05) is 46.2 Å². The number of phosphoric ester groups is 1. The molecule has 0 aromatic carbocycles. The highest BCUT2D eigenvalue weighted by Gasteiger charge is 2.64. The summed E-state index contributed by atoms with van der Waals surface area (Å²) in [5, 5.41) is 247. The van der Waals surface area contributed by atoms with Crippen LogP contribution in [0.2, 0.25) is 0 Å². The molecule has 7 fully saturated rings. The number of phosphoric acid groups is 1. The molecule has 7 aliphatic heterocycles. The number of aliphatic carboxylic acids is 3. The van der Waals surface area contributed by atoms with Crippen LogP contribution in [-0.4, -0.2) is 405 Å². The Balaban J connectivity index is 1.34. The van der Waals surface area contributed by atoms with Gasteiger partial charge in [-0.2, -0.15) is 0 Å². The predicted molar refractivity (Wildman–Crippen MR) is 280 cm³/mol. The second kappa shape index (κ2) is 31.8. The molecule has 7 aliphatic rings. The number of ether oxygens (including phenoxy) is 13. The monoisotopic (exact) mass is 1400 g/mol. The maximum atomic E-state index is 14.1. The number of hydrogen-bond donors (Lipinski definition) is 27. The number of aliphatic hydroxyl groups excluding tert-OH is 20. The van der Waals surface area contributed by atoms with E-state index in [1.54, 1.807) is 0 Å². The summed E-state index contributed by atoms with van der Waals surface area (Å²) in [6.07, 6.45) is -72.2. The Labute approximate surface area is 527 Å². The summed E-state index contributed by atoms with van der Waals surface area (Å²) in [7, 11) is -5.84. The minimum atomic E-state index is -5.84. The molecule has 0 saturated carbocycles. The molecule has 0 radical (unpaired) electrons. The molecule has 0 bridgehead atoms. The van der Waals surface area contributed by atoms with Gasteiger partial charge in [-0.3, -0.25) is 4.52 Å². The van der Waals surface area contributed by atoms with Gasteiger partial charge in [-0.15, -0.1) is 0 Å². The van der Waals surface area contributed by atoms with Gasteiger partial charge in [0.05, 0.1) is 76.6 Å². The van der Waals surface area contributed by atoms with E-state index in [1.165, 1.54) is 0 Å². The first-order valence-corrected chi connectivity index (χ1v) is 30.2. The smallest absolute Gasteiger partial charge is 0.470 e. The van der Waals surface area contributed by atoms with Gasteiger partial charge in [0.1, 0.15) is 140 Å². The van der Waals surface area contributed by atoms with Crippen molar-refractivity contribution in [3.05, 3.63) is 0 Å². The number of nitrogens with two attached hydrogens (primary N) is 2. The number of carbonyl (C=O) groups is 3. The molecule has 0 spiro atoms. The predicted octanol–water partition coefficient (Wildman–Crippen LogP) is -16.7. The van der Waals surface area contributed by atoms with Crippen molar-refractivity contribution >= 4 is 25.7 Å². The van der Waals surface area contributed by atoms with Gasteiger partial charge in [0, 0.05) is 19.3 Å². The van der Waals surface area contributed by atoms with Gasteiger partial charge in [-0.05, 0) is 0 Å². The molecule has 46 heteroatoms. The van der Waals surface area contributed by atoms with Gasteiger partial charge in [-0.25, -0.2) is 18.9 Å². The van der Waals surface area contributed by atoms with Crippen LogP contribution in [-0.2, 0) is 85.1 Å². The van der Waals surface area contributed by atoms with Crippen molar-refractivity contribution < 1.29 is 212 Å². The van der Waals surface area contributed by atoms with Crippen LogP contribution < -0.4 is 11.5 Å². The minimum absolute atomic E-state index is 0.929. The summed E-state index contributed by atoms with van der Waals surface area (Å²) >= 11 is 0. The lowest BCUT2D eigenvalue weighted by molar-refractivity contribution is -0.401. The fraction of sp³-hybridized carbons (Fsp3) is 0.938. The van der Waals surface area contributed by atoms with Crippen LogP contribution in [0.5, 0.6) is 0 Å². The van der Waals surface area contributed by atoms with E-state index >= 15 is 0 Å². The fourth-order valence-electron chi connectivity index (χ4n) is 11.4. The van der Waals surface area contributed by atoms with Crippen molar-refractivity contribution in [2.45, 2.75) is 233 Å². The van der Waals surface area contributed by atoms with Gasteiger partial charge >= 0.3 is 25.7 Å². The maximum Gasteiger partial charge on any atom is 0.470 e. The molecule has 0 aliphatic carbocycles. The molecule has 35 atom stereocenters. The van der Waals surface area contributed by atoms with Crippen LogP contribution in [0.15, 0.2) is 0 Å². The molecule has 0 amide bonds. The average molecular weight is 1410 g/mol. The molecule has 0 aromatic rings. The molecule has 546 valence electrons. The summed E-state index contributed by atoms with van der Waals surface area (Å²) in [6.45, 7) is -8.86. The summed E-state index contributed by atoms with van der Waals surface area (Å²) in [5.74, 6) is -17.7. The molecule has 45 nitrogen and oxygen atoms in total. The third-order valence-corrected chi connectivity index (χ3v) is 17.3. The second-order valence-electron chi connectivity index (χ2n) is 23.3. The van der Waals surface area contributed by atoms with Crippen LogP contribution in [0.1, 0.15) is 19.3 Å². The first kappa shape index (κ1) is 78.5. The van der Waals surface area contributed by atoms with Gasteiger partial charge in [0.15, 0.2) is 25.2 Å². The van der Waals surface area contributed by atoms with Crippen molar-refractivity contribution in [1.29, 1.82) is 0 Å². The minimum Gasteiger partial charge on any atom is -0.477 e. The normalized spacial score (nSPS) is 47.5. The van der Waals surface area contributed by atoms with Crippen molar-refractivity contribution in [1.82, 2.24) is 0 Å². The van der Waals surface area contributed by atoms with E-state index in [-0.39, 0.29) is 0 Å². The number of rotatable bonds is 27. The molecule has 0 unspecified atom stereocenters. The lowest BCUT2D eigenvalue weighted by Crippen LogP contribution is -2.70. The summed E-state index contributed by atoms with van der Waals surface area (Å²) in [4.78, 5) is 60.8. The standard InChI is InChI=1S/C48H81N2O43P/c49-21-28(64)26(62)18(84-39(21)70)8-80-40-22(50)29(65)37(93-94(77,78)79)20(87-40)10-83-47(44(73)74)3-16(89-48(45(75)76)2-12(55)24(60)35(91-48)14(57)5-52)38(36(92-47)15(58)7-82-46(43(71)72)1-11(54)23(59)34(90-46)13(56)4-51)88-42-33(69)31(67)27(63)19(86-42)9-81-41-32(68)30(66)25(61)17(6-53)85-41/h11-42,51-70H,1-10,49-50H2,(H,71,72)(H,73,74)(H,75,76)(H2,77,78,79)/t11-,12-,13-,14-,15-,16-,17-,18-,19-,20-,21+,22-,23-,24-,25-,26-,27-,28-,29-,30+,31+,32-,33-,34-,35-,36-,37-,38-,39+,40-,41-,42-,46-,47-,48-/m1/s1. The largest absolute Gasteiger partial charge is 0.477 e. The zero-order valence-corrected chi connectivity index (χ0v) is 49.6. The van der Waals surface area contributed by atoms with Crippen LogP contribution in [0.25, 0.3) is 0 Å². The van der Waals surface area contributed by atoms with Crippen LogP contribution >= 0.6 is 7.82 Å². The van der Waals surface area contributed by atoms with Crippen molar-refractivity contribution in [2.24, 2.45) is 11.5 Å². The molecular formula is C48H81N2O43P. The topological polar surface area (TPSA) is 755 Å². The summed E-state index contributed by atoms with van der Waals surface area (Å²) in [6, 6.07) is -3.52. The number of aliphatic hydroxyl groups is 20. The highest BCUT2D eigenvalue weighted by atomic mass is 31.2. The Hall–Kier alpha value is -2.88. The lowest BCUT2D eigenvalue weighted by atomic mass is 9.89. The average Bonchev–Trinajstić information content (AvgIpc) is 0.750. The Bertz CT molecular complexity index is 2540. The van der Waals surface area contributed by atoms with E-state index in [2.05, 4.69) is 0 Å². The van der Waals surface area contributed by atoms with Crippen LogP contribution in [0.4, 0.5) is 0 Å². The highest BCUT2D eigenvalue weighted by molar-refractivity contribution is 7.46. The number of carboxylic acid groups (broad SMARTS) is 3. The highest BCUT2D eigenvalue weighted by Crippen LogP contribution is 2.46. The molecule has 7 saturated heterocycles. The Kier molecular flexibility index (Phi) is 26.5. The van der Waals surface area contributed by atoms with Crippen LogP contribution in [0, 0.1) is 0 Å². The maximum absolute atomic E-state index is 14.1. The second-order valence-corrected chi connectivity index (χ2v) is 24.5. The molecule has 0 aromatic heterocycles. The van der Waals surface area contributed by atoms with Crippen molar-refractivity contribution in [3.8, 4) is 0 Å². The number of hydrogen-bond acceptors (Lipinski definition) is 40. The molecular weight excluding hydrogens is 1320 g/mol. The SMILES string of the molecule is N[C@H]1[C@H](OC[C@H]2O[C@H](O)[C@@H](N)[C@@H](O)[C@@H]2O)O[C@H](CO[C@]2(C(=O)O)C[C@@H](O[C@]3(C(=O)O)C[C@@H](O)[C@@H](O)[C@@H]([C@H](O)CO)O3)[C@@H](O[C@H]3O[C@H](CO[C@@H]4O[C@H](CO)[C@@H](O)[C@H](O)[C@H]4O)[C@@H](O)[C@H](O)[C@H]3O)[C@@H]([C@H](O)CO[C@]3(C(=O)O)C[C@@H](O)[C@@H](O)[C@@H]([C@H](O)CO)O3)O2)[C@@H](OP(=O)(O)O)[C@@H]1O. The zero-order valence-electron chi connectivity index (χ0n) is 48.7. The van der Waals surface area contributed by atoms with Gasteiger partial charge < -0.3 is 200 Å². The van der Waals surface area contributed by atoms with E-state index in [0.717, 1.165) is 0 Å². The van der Waals surface area contributed by atoms with E-state index in [0.29, 0.717) is 0 Å². The molecule has 29 N–H and O–H groups in total. The Morgan fingerprint density at radius 3 is 1.47 bits per heavy atom. The Morgan fingerprint density at radius 1 is 0.479 bits per heavy atom. The van der Waals surface area contributed by atoms with E-state index in [1.807, 2.05) is 0 Å². The van der Waals surface area contributed by atoms with Gasteiger partial charge in [-0.1, -0.05) is 0 Å². The summed E-state index contributed by atoms with van der Waals surface area (Å²) in [5.41, 5.74) is 11.8. The van der Waals surface area contributed by atoms with Gasteiger partial charge in [0.2, 0.25) is 0 Å². The molecule has 7 heterocycles. The molecule has 94 heavy (non-hydrogen) atoms. The molecule has 7 rings (SSSR count). The Morgan fingerprint density at radius 2 is 0.936 bits per heavy atom. The summed E-state index contributed by atoms with van der Waals surface area (Å²) < 4.78 is 90.6. The van der Waals surface area contributed by atoms with Crippen LogP contribution in [0.3, 0.4) is 0 Å². The van der Waals surface area contributed by atoms with Gasteiger partial charge in [0.25, 0.3) is 17.4 Å².